The Morgan fingerprint density at radius 3 is 2.26 bits per heavy atom. The van der Waals surface area contributed by atoms with Gasteiger partial charge in [-0.1, -0.05) is 72.6 Å². The van der Waals surface area contributed by atoms with E-state index in [-0.39, 0.29) is 20.1 Å². The Hall–Kier alpha value is -4.89. The van der Waals surface area contributed by atoms with Gasteiger partial charge in [-0.05, 0) is 72.3 Å². The molecular formula is C42H32IrN2O-2. The van der Waals surface area contributed by atoms with Crippen molar-refractivity contribution >= 4 is 32.7 Å². The van der Waals surface area contributed by atoms with Crippen LogP contribution in [-0.2, 0) is 20.1 Å². The Morgan fingerprint density at radius 1 is 0.609 bits per heavy atom. The Balaban J connectivity index is 0.000000197. The van der Waals surface area contributed by atoms with E-state index in [1.807, 2.05) is 42.7 Å². The fourth-order valence-electron chi connectivity index (χ4n) is 5.81. The van der Waals surface area contributed by atoms with Crippen LogP contribution in [0.1, 0.15) is 22.3 Å². The van der Waals surface area contributed by atoms with Crippen LogP contribution in [0.3, 0.4) is 0 Å². The van der Waals surface area contributed by atoms with Crippen LogP contribution in [-0.4, -0.2) is 9.97 Å². The Bertz CT molecular complexity index is 2320. The van der Waals surface area contributed by atoms with Crippen molar-refractivity contribution in [3.63, 3.8) is 0 Å². The standard InChI is InChI=1S/C28H18NO.C14H14N.Ir/c1-18-7-6-16-29-28(18)20-9-4-8-19(17-20)21-11-5-12-23-22(21)14-15-26-27(23)24-10-2-3-13-25(24)30-26;1-10-4-6-13(7-5-10)14-8-11(2)12(3)9-15-14;/h2-8,10-17H,1H3;4-6,8-9H,1-3H3;/q2*-1;. The maximum Gasteiger partial charge on any atom is 0.136 e. The maximum atomic E-state index is 6.08. The molecule has 0 aliphatic carbocycles. The Morgan fingerprint density at radius 2 is 1.46 bits per heavy atom. The molecule has 5 aromatic carbocycles. The van der Waals surface area contributed by atoms with E-state index in [9.17, 15) is 0 Å². The largest absolute Gasteiger partial charge is 0.456 e. The molecular weight excluding hydrogens is 741 g/mol. The first-order valence-electron chi connectivity index (χ1n) is 15.2. The third-order valence-corrected chi connectivity index (χ3v) is 8.39. The second-order valence-electron chi connectivity index (χ2n) is 11.5. The van der Waals surface area contributed by atoms with Crippen molar-refractivity contribution in [1.82, 2.24) is 9.97 Å². The molecule has 46 heavy (non-hydrogen) atoms. The van der Waals surface area contributed by atoms with Crippen LogP contribution in [0, 0.1) is 39.8 Å². The number of rotatable bonds is 3. The van der Waals surface area contributed by atoms with Gasteiger partial charge in [-0.3, -0.25) is 0 Å². The van der Waals surface area contributed by atoms with Gasteiger partial charge < -0.3 is 14.4 Å². The Labute approximate surface area is 283 Å². The van der Waals surface area contributed by atoms with Crippen molar-refractivity contribution in [2.75, 3.05) is 0 Å². The number of fused-ring (bicyclic) bond motifs is 5. The van der Waals surface area contributed by atoms with E-state index in [2.05, 4.69) is 129 Å². The van der Waals surface area contributed by atoms with Crippen molar-refractivity contribution in [3.8, 4) is 33.6 Å². The number of nitrogens with zero attached hydrogens (tertiary/aromatic N) is 2. The van der Waals surface area contributed by atoms with E-state index in [1.54, 1.807) is 0 Å². The number of aryl methyl sites for hydroxylation is 4. The summed E-state index contributed by atoms with van der Waals surface area (Å²) in [6.07, 6.45) is 3.75. The van der Waals surface area contributed by atoms with Gasteiger partial charge in [-0.25, -0.2) is 0 Å². The van der Waals surface area contributed by atoms with Crippen LogP contribution in [0.5, 0.6) is 0 Å². The number of hydrogen-bond acceptors (Lipinski definition) is 3. The van der Waals surface area contributed by atoms with Gasteiger partial charge in [0, 0.05) is 43.3 Å². The van der Waals surface area contributed by atoms with Gasteiger partial charge in [-0.15, -0.1) is 70.8 Å². The van der Waals surface area contributed by atoms with Crippen LogP contribution >= 0.6 is 0 Å². The van der Waals surface area contributed by atoms with Crippen molar-refractivity contribution in [1.29, 1.82) is 0 Å². The van der Waals surface area contributed by atoms with Crippen LogP contribution in [0.4, 0.5) is 0 Å². The summed E-state index contributed by atoms with van der Waals surface area (Å²) in [4.78, 5) is 8.98. The first-order valence-corrected chi connectivity index (χ1v) is 15.2. The zero-order chi connectivity index (χ0) is 30.9. The second-order valence-corrected chi connectivity index (χ2v) is 11.5. The van der Waals surface area contributed by atoms with Crippen LogP contribution in [0.25, 0.3) is 66.4 Å². The molecule has 1 radical (unpaired) electrons. The minimum absolute atomic E-state index is 0. The quantitative estimate of drug-likeness (QED) is 0.168. The van der Waals surface area contributed by atoms with Crippen molar-refractivity contribution in [3.05, 3.63) is 156 Å². The van der Waals surface area contributed by atoms with Crippen LogP contribution in [0.15, 0.2) is 126 Å². The van der Waals surface area contributed by atoms with E-state index in [4.69, 9.17) is 4.42 Å². The minimum atomic E-state index is 0. The summed E-state index contributed by atoms with van der Waals surface area (Å²) >= 11 is 0. The van der Waals surface area contributed by atoms with E-state index in [1.165, 1.54) is 38.4 Å². The second kappa shape index (κ2) is 13.2. The van der Waals surface area contributed by atoms with Gasteiger partial charge in [0.2, 0.25) is 0 Å². The third kappa shape index (κ3) is 6.02. The molecule has 0 aliphatic heterocycles. The molecule has 0 amide bonds. The minimum Gasteiger partial charge on any atom is -0.456 e. The average Bonchev–Trinajstić information content (AvgIpc) is 3.46. The van der Waals surface area contributed by atoms with Gasteiger partial charge in [0.15, 0.2) is 0 Å². The van der Waals surface area contributed by atoms with Gasteiger partial charge in [0.25, 0.3) is 0 Å². The number of pyridine rings is 2. The van der Waals surface area contributed by atoms with E-state index < -0.39 is 0 Å². The molecule has 0 saturated heterocycles. The molecule has 0 spiro atoms. The molecule has 0 fully saturated rings. The molecule has 8 rings (SSSR count). The van der Waals surface area contributed by atoms with Crippen molar-refractivity contribution < 1.29 is 24.5 Å². The molecule has 0 bridgehead atoms. The molecule has 0 unspecified atom stereocenters. The van der Waals surface area contributed by atoms with Gasteiger partial charge in [0.05, 0.1) is 0 Å². The molecule has 3 heterocycles. The molecule has 3 aromatic heterocycles. The molecule has 0 N–H and O–H groups in total. The zero-order valence-electron chi connectivity index (χ0n) is 26.2. The van der Waals surface area contributed by atoms with Crippen molar-refractivity contribution in [2.45, 2.75) is 27.7 Å². The van der Waals surface area contributed by atoms with Gasteiger partial charge in [-0.2, -0.15) is 0 Å². The summed E-state index contributed by atoms with van der Waals surface area (Å²) in [5.41, 5.74) is 13.1. The zero-order valence-corrected chi connectivity index (χ0v) is 28.6. The normalized spacial score (nSPS) is 10.9. The maximum absolute atomic E-state index is 6.08. The van der Waals surface area contributed by atoms with Crippen LogP contribution < -0.4 is 0 Å². The van der Waals surface area contributed by atoms with E-state index in [0.29, 0.717) is 0 Å². The van der Waals surface area contributed by atoms with E-state index in [0.717, 1.165) is 50.2 Å². The summed E-state index contributed by atoms with van der Waals surface area (Å²) in [7, 11) is 0. The molecule has 8 aromatic rings. The van der Waals surface area contributed by atoms with Crippen LogP contribution in [0.2, 0.25) is 0 Å². The van der Waals surface area contributed by atoms with Gasteiger partial charge in [0.1, 0.15) is 11.2 Å². The summed E-state index contributed by atoms with van der Waals surface area (Å²) in [6, 6.07) is 44.2. The first kappa shape index (κ1) is 31.1. The number of furan rings is 1. The molecule has 3 nitrogen and oxygen atoms in total. The molecule has 0 saturated carbocycles. The molecule has 0 aliphatic rings. The summed E-state index contributed by atoms with van der Waals surface area (Å²) in [5, 5.41) is 4.75. The van der Waals surface area contributed by atoms with Crippen molar-refractivity contribution in [2.24, 2.45) is 0 Å². The predicted molar refractivity (Wildman–Crippen MR) is 186 cm³/mol. The number of hydrogen-bond donors (Lipinski definition) is 0. The fraction of sp³-hybridized carbons (Fsp3) is 0.0952. The topological polar surface area (TPSA) is 38.9 Å². The number of aromatic nitrogens is 2. The Kier molecular flexibility index (Phi) is 8.94. The smallest absolute Gasteiger partial charge is 0.136 e. The summed E-state index contributed by atoms with van der Waals surface area (Å²) in [5.74, 6) is 0. The third-order valence-electron chi connectivity index (χ3n) is 8.39. The SMILES string of the molecule is Cc1c[c-]c(-c2cc(C)c(C)cn2)cc1.Cc1cccnc1-c1[c-]ccc(-c2cccc3c2ccc2oc4ccccc4c23)c1.[Ir]. The molecule has 0 atom stereocenters. The molecule has 4 heteroatoms. The number of para-hydroxylation sites is 1. The summed E-state index contributed by atoms with van der Waals surface area (Å²) in [6.45, 7) is 8.33. The number of benzene rings is 5. The fourth-order valence-corrected chi connectivity index (χ4v) is 5.81. The van der Waals surface area contributed by atoms with E-state index >= 15 is 0 Å². The molecule has 227 valence electrons. The van der Waals surface area contributed by atoms with Gasteiger partial charge >= 0.3 is 0 Å². The average molecular weight is 773 g/mol. The predicted octanol–water partition coefficient (Wildman–Crippen LogP) is 11.0. The summed E-state index contributed by atoms with van der Waals surface area (Å²) < 4.78 is 6.08. The monoisotopic (exact) mass is 773 g/mol. The first-order chi connectivity index (χ1) is 22.0.